The van der Waals surface area contributed by atoms with Gasteiger partial charge in [0.25, 0.3) is 5.91 Å². The molecule has 0 fully saturated rings. The first-order valence-corrected chi connectivity index (χ1v) is 4.77. The standard InChI is InChI=1S/C9H12N4O4/c1-5-2-6(13-12-5)9(17)11-3-7(14)10-4-8(15)16/h2H,3-4H2,1H3,(H,10,14)(H,11,17)(H,12,13)(H,15,16). The van der Waals surface area contributed by atoms with Crippen LogP contribution in [-0.4, -0.2) is 46.2 Å². The van der Waals surface area contributed by atoms with Crippen LogP contribution in [0.2, 0.25) is 0 Å². The Labute approximate surface area is 96.4 Å². The number of H-pyrrole nitrogens is 1. The van der Waals surface area contributed by atoms with Crippen LogP contribution in [0, 0.1) is 6.92 Å². The molecule has 0 saturated carbocycles. The van der Waals surface area contributed by atoms with Gasteiger partial charge in [0.2, 0.25) is 5.91 Å². The number of nitrogens with zero attached hydrogens (tertiary/aromatic N) is 1. The summed E-state index contributed by atoms with van der Waals surface area (Å²) in [5.74, 6) is -2.22. The Balaban J connectivity index is 2.33. The second-order valence-electron chi connectivity index (χ2n) is 3.29. The highest BCUT2D eigenvalue weighted by atomic mass is 16.4. The Kier molecular flexibility index (Phi) is 4.21. The van der Waals surface area contributed by atoms with E-state index < -0.39 is 24.3 Å². The van der Waals surface area contributed by atoms with Crippen LogP contribution < -0.4 is 10.6 Å². The normalized spacial score (nSPS) is 9.71. The number of aromatic amines is 1. The van der Waals surface area contributed by atoms with Gasteiger partial charge in [-0.2, -0.15) is 5.10 Å². The van der Waals surface area contributed by atoms with Crippen molar-refractivity contribution >= 4 is 17.8 Å². The molecule has 0 aliphatic heterocycles. The number of hydrogen-bond donors (Lipinski definition) is 4. The van der Waals surface area contributed by atoms with Crippen LogP contribution in [0.15, 0.2) is 6.07 Å². The molecule has 2 amide bonds. The molecule has 0 aliphatic rings. The van der Waals surface area contributed by atoms with Crippen LogP contribution in [0.3, 0.4) is 0 Å². The predicted molar refractivity (Wildman–Crippen MR) is 56.3 cm³/mol. The van der Waals surface area contributed by atoms with Crippen LogP contribution >= 0.6 is 0 Å². The summed E-state index contributed by atoms with van der Waals surface area (Å²) in [6.45, 7) is 0.970. The zero-order chi connectivity index (χ0) is 12.8. The van der Waals surface area contributed by atoms with Gasteiger partial charge in [-0.1, -0.05) is 0 Å². The summed E-state index contributed by atoms with van der Waals surface area (Å²) in [6.07, 6.45) is 0. The molecule has 0 unspecified atom stereocenters. The molecule has 0 spiro atoms. The van der Waals surface area contributed by atoms with Gasteiger partial charge in [0.1, 0.15) is 12.2 Å². The van der Waals surface area contributed by atoms with E-state index in [-0.39, 0.29) is 12.2 Å². The fourth-order valence-electron chi connectivity index (χ4n) is 1.02. The van der Waals surface area contributed by atoms with E-state index >= 15 is 0 Å². The van der Waals surface area contributed by atoms with Crippen LogP contribution in [0.1, 0.15) is 16.2 Å². The lowest BCUT2D eigenvalue weighted by Gasteiger charge is -2.03. The lowest BCUT2D eigenvalue weighted by atomic mass is 10.3. The Morgan fingerprint density at radius 3 is 2.59 bits per heavy atom. The van der Waals surface area contributed by atoms with E-state index in [2.05, 4.69) is 20.8 Å². The van der Waals surface area contributed by atoms with E-state index in [1.807, 2.05) is 0 Å². The van der Waals surface area contributed by atoms with E-state index in [1.54, 1.807) is 6.92 Å². The molecule has 8 nitrogen and oxygen atoms in total. The summed E-state index contributed by atoms with van der Waals surface area (Å²) in [6, 6.07) is 1.53. The number of aliphatic carboxylic acids is 1. The number of carbonyl (C=O) groups excluding carboxylic acids is 2. The fraction of sp³-hybridized carbons (Fsp3) is 0.333. The number of hydrogen-bond acceptors (Lipinski definition) is 4. The van der Waals surface area contributed by atoms with Crippen LogP contribution in [0.4, 0.5) is 0 Å². The molecule has 8 heteroatoms. The second kappa shape index (κ2) is 5.64. The van der Waals surface area contributed by atoms with Gasteiger partial charge < -0.3 is 15.7 Å². The Bertz CT molecular complexity index is 440. The highest BCUT2D eigenvalue weighted by Gasteiger charge is 2.10. The molecule has 0 radical (unpaired) electrons. The van der Waals surface area contributed by atoms with Crippen LogP contribution in [0.5, 0.6) is 0 Å². The van der Waals surface area contributed by atoms with Crippen molar-refractivity contribution in [1.82, 2.24) is 20.8 Å². The molecule has 92 valence electrons. The maximum Gasteiger partial charge on any atom is 0.322 e. The summed E-state index contributed by atoms with van der Waals surface area (Å²) in [7, 11) is 0. The number of carboxylic acid groups (broad SMARTS) is 1. The van der Waals surface area contributed by atoms with Crippen molar-refractivity contribution in [2.75, 3.05) is 13.1 Å². The molecule has 0 bridgehead atoms. The number of aryl methyl sites for hydroxylation is 1. The number of amides is 2. The quantitative estimate of drug-likeness (QED) is 0.506. The van der Waals surface area contributed by atoms with Crippen molar-refractivity contribution in [3.8, 4) is 0 Å². The van der Waals surface area contributed by atoms with Crippen molar-refractivity contribution in [2.45, 2.75) is 6.92 Å². The molecule has 1 heterocycles. The molecule has 1 rings (SSSR count). The fourth-order valence-corrected chi connectivity index (χ4v) is 1.02. The highest BCUT2D eigenvalue weighted by Crippen LogP contribution is 1.96. The number of carbonyl (C=O) groups is 3. The number of rotatable bonds is 5. The molecule has 0 aromatic carbocycles. The predicted octanol–water partition coefficient (Wildman–Crippen LogP) is -1.35. The lowest BCUT2D eigenvalue weighted by molar-refractivity contribution is -0.137. The smallest absolute Gasteiger partial charge is 0.322 e. The van der Waals surface area contributed by atoms with Gasteiger partial charge in [-0.25, -0.2) is 0 Å². The van der Waals surface area contributed by atoms with Crippen molar-refractivity contribution in [1.29, 1.82) is 0 Å². The van der Waals surface area contributed by atoms with Gasteiger partial charge >= 0.3 is 5.97 Å². The van der Waals surface area contributed by atoms with Crippen LogP contribution in [-0.2, 0) is 9.59 Å². The monoisotopic (exact) mass is 240 g/mol. The molecule has 0 atom stereocenters. The van der Waals surface area contributed by atoms with Crippen molar-refractivity contribution in [2.24, 2.45) is 0 Å². The van der Waals surface area contributed by atoms with Crippen molar-refractivity contribution < 1.29 is 19.5 Å². The summed E-state index contributed by atoms with van der Waals surface area (Å²) < 4.78 is 0. The second-order valence-corrected chi connectivity index (χ2v) is 3.29. The van der Waals surface area contributed by atoms with E-state index in [9.17, 15) is 14.4 Å². The minimum Gasteiger partial charge on any atom is -0.480 e. The average Bonchev–Trinajstić information content (AvgIpc) is 2.70. The van der Waals surface area contributed by atoms with Gasteiger partial charge in [-0.15, -0.1) is 0 Å². The third kappa shape index (κ3) is 4.33. The largest absolute Gasteiger partial charge is 0.480 e. The third-order valence-corrected chi connectivity index (χ3v) is 1.78. The summed E-state index contributed by atoms with van der Waals surface area (Å²) in [5, 5.41) is 19.0. The van der Waals surface area contributed by atoms with E-state index in [0.29, 0.717) is 0 Å². The van der Waals surface area contributed by atoms with E-state index in [4.69, 9.17) is 5.11 Å². The van der Waals surface area contributed by atoms with Gasteiger partial charge in [0.15, 0.2) is 0 Å². The lowest BCUT2D eigenvalue weighted by Crippen LogP contribution is -2.39. The number of nitrogens with one attached hydrogen (secondary N) is 3. The third-order valence-electron chi connectivity index (χ3n) is 1.78. The summed E-state index contributed by atoms with van der Waals surface area (Å²) in [5.41, 5.74) is 0.902. The van der Waals surface area contributed by atoms with Crippen molar-refractivity contribution in [3.05, 3.63) is 17.5 Å². The first-order valence-electron chi connectivity index (χ1n) is 4.77. The van der Waals surface area contributed by atoms with Gasteiger partial charge in [0.05, 0.1) is 6.54 Å². The number of carboxylic acids is 1. The molecule has 0 saturated heterocycles. The first-order chi connectivity index (χ1) is 7.99. The molecular formula is C9H12N4O4. The minimum absolute atomic E-state index is 0.175. The Hall–Kier alpha value is -2.38. The van der Waals surface area contributed by atoms with Crippen molar-refractivity contribution in [3.63, 3.8) is 0 Å². The SMILES string of the molecule is Cc1cc(C(=O)NCC(=O)NCC(=O)O)n[nH]1. The first kappa shape index (κ1) is 12.7. The van der Waals surface area contributed by atoms with Crippen LogP contribution in [0.25, 0.3) is 0 Å². The molecule has 0 aliphatic carbocycles. The molecule has 4 N–H and O–H groups in total. The highest BCUT2D eigenvalue weighted by molar-refractivity contribution is 5.95. The summed E-state index contributed by atoms with van der Waals surface area (Å²) >= 11 is 0. The van der Waals surface area contributed by atoms with E-state index in [0.717, 1.165) is 5.69 Å². The average molecular weight is 240 g/mol. The van der Waals surface area contributed by atoms with Gasteiger partial charge in [-0.05, 0) is 13.0 Å². The topological polar surface area (TPSA) is 124 Å². The molecule has 17 heavy (non-hydrogen) atoms. The van der Waals surface area contributed by atoms with Gasteiger partial charge in [-0.3, -0.25) is 19.5 Å². The van der Waals surface area contributed by atoms with Gasteiger partial charge in [0, 0.05) is 5.69 Å². The zero-order valence-electron chi connectivity index (χ0n) is 9.11. The Morgan fingerprint density at radius 2 is 2.06 bits per heavy atom. The molecule has 1 aromatic heterocycles. The van der Waals surface area contributed by atoms with E-state index in [1.165, 1.54) is 6.07 Å². The maximum atomic E-state index is 11.4. The summed E-state index contributed by atoms with van der Waals surface area (Å²) in [4.78, 5) is 32.6. The molecular weight excluding hydrogens is 228 g/mol. The molecule has 1 aromatic rings. The minimum atomic E-state index is -1.15. The Morgan fingerprint density at radius 1 is 1.35 bits per heavy atom. The number of aromatic nitrogens is 2. The maximum absolute atomic E-state index is 11.4. The zero-order valence-corrected chi connectivity index (χ0v) is 9.11.